The summed E-state index contributed by atoms with van der Waals surface area (Å²) < 4.78 is 1.98. The summed E-state index contributed by atoms with van der Waals surface area (Å²) in [5, 5.41) is 4.29. The second kappa shape index (κ2) is 4.77. The molecule has 0 spiro atoms. The molecule has 0 radical (unpaired) electrons. The molecule has 0 amide bonds. The van der Waals surface area contributed by atoms with Crippen LogP contribution < -0.4 is 5.73 Å². The summed E-state index contributed by atoms with van der Waals surface area (Å²) in [6.45, 7) is 6.01. The average Bonchev–Trinajstić information content (AvgIpc) is 2.87. The lowest BCUT2D eigenvalue weighted by molar-refractivity contribution is 0.250. The second-order valence-electron chi connectivity index (χ2n) is 4.21. The van der Waals surface area contributed by atoms with E-state index in [0.717, 1.165) is 19.6 Å². The number of nitrogens with zero attached hydrogens (tertiary/aromatic N) is 3. The lowest BCUT2D eigenvalue weighted by Gasteiger charge is -2.22. The minimum Gasteiger partial charge on any atom is -0.329 e. The van der Waals surface area contributed by atoms with Crippen LogP contribution in [0.5, 0.6) is 0 Å². The molecule has 4 heteroatoms. The second-order valence-corrected chi connectivity index (χ2v) is 4.21. The third-order valence-electron chi connectivity index (χ3n) is 3.17. The van der Waals surface area contributed by atoms with E-state index < -0.39 is 0 Å². The molecule has 2 heterocycles. The fourth-order valence-electron chi connectivity index (χ4n) is 2.27. The molecule has 15 heavy (non-hydrogen) atoms. The minimum absolute atomic E-state index is 0.579. The highest BCUT2D eigenvalue weighted by atomic mass is 15.3. The summed E-state index contributed by atoms with van der Waals surface area (Å²) in [5.74, 6) is 0. The van der Waals surface area contributed by atoms with Gasteiger partial charge in [0.15, 0.2) is 0 Å². The molecule has 0 aliphatic carbocycles. The van der Waals surface area contributed by atoms with Crippen molar-refractivity contribution in [3.63, 3.8) is 0 Å². The third-order valence-corrected chi connectivity index (χ3v) is 3.17. The zero-order valence-corrected chi connectivity index (χ0v) is 9.39. The van der Waals surface area contributed by atoms with Crippen molar-refractivity contribution < 1.29 is 0 Å². The third kappa shape index (κ3) is 2.38. The van der Waals surface area contributed by atoms with E-state index in [1.165, 1.54) is 24.9 Å². The Morgan fingerprint density at radius 1 is 1.60 bits per heavy atom. The van der Waals surface area contributed by atoms with Crippen molar-refractivity contribution in [2.75, 3.05) is 13.1 Å². The molecular weight excluding hydrogens is 188 g/mol. The van der Waals surface area contributed by atoms with Crippen LogP contribution in [-0.4, -0.2) is 33.8 Å². The molecule has 1 atom stereocenters. The monoisotopic (exact) mass is 208 g/mol. The zero-order valence-electron chi connectivity index (χ0n) is 9.39. The van der Waals surface area contributed by atoms with Gasteiger partial charge in [0.05, 0.1) is 6.20 Å². The van der Waals surface area contributed by atoms with Gasteiger partial charge in [-0.05, 0) is 26.3 Å². The molecule has 1 saturated heterocycles. The van der Waals surface area contributed by atoms with Gasteiger partial charge in [0, 0.05) is 37.4 Å². The Morgan fingerprint density at radius 3 is 3.13 bits per heavy atom. The quantitative estimate of drug-likeness (QED) is 0.797. The van der Waals surface area contributed by atoms with Gasteiger partial charge < -0.3 is 5.73 Å². The molecule has 1 aromatic heterocycles. The van der Waals surface area contributed by atoms with Crippen molar-refractivity contribution >= 4 is 0 Å². The molecule has 1 aromatic rings. The Bertz CT molecular complexity index is 307. The number of likely N-dealkylation sites (tertiary alicyclic amines) is 1. The molecule has 1 unspecified atom stereocenters. The van der Waals surface area contributed by atoms with Crippen LogP contribution in [0.4, 0.5) is 0 Å². The van der Waals surface area contributed by atoms with Gasteiger partial charge in [0.1, 0.15) is 0 Å². The van der Waals surface area contributed by atoms with Crippen LogP contribution in [-0.2, 0) is 13.1 Å². The molecule has 2 rings (SSSR count). The molecule has 1 aliphatic rings. The van der Waals surface area contributed by atoms with Gasteiger partial charge in [-0.15, -0.1) is 0 Å². The van der Waals surface area contributed by atoms with Crippen LogP contribution in [0.1, 0.15) is 25.3 Å². The number of aryl methyl sites for hydroxylation is 1. The average molecular weight is 208 g/mol. The molecule has 1 aliphatic heterocycles. The highest BCUT2D eigenvalue weighted by Gasteiger charge is 2.23. The Balaban J connectivity index is 1.95. The van der Waals surface area contributed by atoms with Crippen LogP contribution in [0.3, 0.4) is 0 Å². The summed E-state index contributed by atoms with van der Waals surface area (Å²) in [6.07, 6.45) is 6.63. The van der Waals surface area contributed by atoms with E-state index >= 15 is 0 Å². The predicted octanol–water partition coefficient (Wildman–Crippen LogP) is 0.826. The van der Waals surface area contributed by atoms with Crippen molar-refractivity contribution in [1.82, 2.24) is 14.7 Å². The van der Waals surface area contributed by atoms with Gasteiger partial charge in [0.2, 0.25) is 0 Å². The van der Waals surface area contributed by atoms with Crippen LogP contribution in [0, 0.1) is 0 Å². The number of hydrogen-bond acceptors (Lipinski definition) is 3. The van der Waals surface area contributed by atoms with Crippen molar-refractivity contribution in [2.45, 2.75) is 38.9 Å². The van der Waals surface area contributed by atoms with E-state index in [1.807, 2.05) is 10.9 Å². The molecule has 4 nitrogen and oxygen atoms in total. The van der Waals surface area contributed by atoms with Gasteiger partial charge >= 0.3 is 0 Å². The maximum absolute atomic E-state index is 5.75. The summed E-state index contributed by atoms with van der Waals surface area (Å²) in [6, 6.07) is 0.579. The van der Waals surface area contributed by atoms with Gasteiger partial charge in [0.25, 0.3) is 0 Å². The molecule has 0 aromatic carbocycles. The zero-order chi connectivity index (χ0) is 10.7. The van der Waals surface area contributed by atoms with Crippen molar-refractivity contribution in [2.24, 2.45) is 5.73 Å². The van der Waals surface area contributed by atoms with E-state index in [2.05, 4.69) is 23.1 Å². The number of nitrogens with two attached hydrogens (primary N) is 1. The lowest BCUT2D eigenvalue weighted by atomic mass is 10.2. The Kier molecular flexibility index (Phi) is 3.38. The standard InChI is InChI=1S/C11H20N4/c1-2-15-9-10(7-13-15)8-14-5-3-4-11(14)6-12/h7,9,11H,2-6,8,12H2,1H3. The molecule has 1 fully saturated rings. The fraction of sp³-hybridized carbons (Fsp3) is 0.727. The smallest absolute Gasteiger partial charge is 0.0534 e. The van der Waals surface area contributed by atoms with E-state index in [1.54, 1.807) is 0 Å². The first-order chi connectivity index (χ1) is 7.33. The number of hydrogen-bond donors (Lipinski definition) is 1. The van der Waals surface area contributed by atoms with E-state index in [-0.39, 0.29) is 0 Å². The highest BCUT2D eigenvalue weighted by Crippen LogP contribution is 2.18. The first kappa shape index (κ1) is 10.6. The Hall–Kier alpha value is -0.870. The SMILES string of the molecule is CCn1cc(CN2CCCC2CN)cn1. The van der Waals surface area contributed by atoms with Crippen LogP contribution >= 0.6 is 0 Å². The lowest BCUT2D eigenvalue weighted by Crippen LogP contribution is -2.34. The number of aromatic nitrogens is 2. The van der Waals surface area contributed by atoms with Gasteiger partial charge in [-0.3, -0.25) is 9.58 Å². The Morgan fingerprint density at radius 2 is 2.47 bits per heavy atom. The van der Waals surface area contributed by atoms with Gasteiger partial charge in [-0.1, -0.05) is 0 Å². The summed E-state index contributed by atoms with van der Waals surface area (Å²) >= 11 is 0. The van der Waals surface area contributed by atoms with Crippen molar-refractivity contribution in [3.8, 4) is 0 Å². The highest BCUT2D eigenvalue weighted by molar-refractivity contribution is 5.04. The predicted molar refractivity (Wildman–Crippen MR) is 60.4 cm³/mol. The van der Waals surface area contributed by atoms with E-state index in [9.17, 15) is 0 Å². The van der Waals surface area contributed by atoms with Crippen molar-refractivity contribution in [3.05, 3.63) is 18.0 Å². The van der Waals surface area contributed by atoms with Crippen LogP contribution in [0.2, 0.25) is 0 Å². The topological polar surface area (TPSA) is 47.1 Å². The molecular formula is C11H20N4. The molecule has 84 valence electrons. The summed E-state index contributed by atoms with van der Waals surface area (Å²) in [5.41, 5.74) is 7.05. The number of rotatable bonds is 4. The van der Waals surface area contributed by atoms with E-state index in [0.29, 0.717) is 6.04 Å². The Labute approximate surface area is 91.1 Å². The first-order valence-electron chi connectivity index (χ1n) is 5.79. The first-order valence-corrected chi connectivity index (χ1v) is 5.79. The van der Waals surface area contributed by atoms with E-state index in [4.69, 9.17) is 5.73 Å². The summed E-state index contributed by atoms with van der Waals surface area (Å²) in [7, 11) is 0. The minimum atomic E-state index is 0.579. The van der Waals surface area contributed by atoms with Gasteiger partial charge in [-0.25, -0.2) is 0 Å². The maximum atomic E-state index is 5.75. The van der Waals surface area contributed by atoms with Crippen molar-refractivity contribution in [1.29, 1.82) is 0 Å². The van der Waals surface area contributed by atoms with Gasteiger partial charge in [-0.2, -0.15) is 5.10 Å². The normalized spacial score (nSPS) is 22.4. The fourth-order valence-corrected chi connectivity index (χ4v) is 2.27. The molecule has 2 N–H and O–H groups in total. The van der Waals surface area contributed by atoms with Crippen LogP contribution in [0.15, 0.2) is 12.4 Å². The maximum Gasteiger partial charge on any atom is 0.0534 e. The molecule has 0 bridgehead atoms. The molecule has 0 saturated carbocycles. The van der Waals surface area contributed by atoms with Crippen LogP contribution in [0.25, 0.3) is 0 Å². The summed E-state index contributed by atoms with van der Waals surface area (Å²) in [4.78, 5) is 2.47. The largest absolute Gasteiger partial charge is 0.329 e.